The van der Waals surface area contributed by atoms with Crippen molar-refractivity contribution in [2.75, 3.05) is 58.1 Å². The van der Waals surface area contributed by atoms with Gasteiger partial charge in [-0.2, -0.15) is 0 Å². The third-order valence-corrected chi connectivity index (χ3v) is 16.6. The van der Waals surface area contributed by atoms with Gasteiger partial charge in [-0.15, -0.1) is 0 Å². The fourth-order valence-corrected chi connectivity index (χ4v) is 9.37. The number of ketones is 1. The lowest BCUT2D eigenvalue weighted by Crippen LogP contribution is -3.00. The highest BCUT2D eigenvalue weighted by molar-refractivity contribution is 7.75. The quantitative estimate of drug-likeness (QED) is 0.0106. The second-order valence-electron chi connectivity index (χ2n) is 18.7. The van der Waals surface area contributed by atoms with Gasteiger partial charge < -0.3 is 78.2 Å². The largest absolute Gasteiger partial charge is 1.00 e. The molecule has 20 nitrogen and oxygen atoms in total. The Bertz CT molecular complexity index is 2980. The number of Topliss-reactive ketones (excluding diaryl/α,β-unsaturated/α-hetero) is 1. The summed E-state index contributed by atoms with van der Waals surface area (Å²) in [6, 6.07) is 19.7. The van der Waals surface area contributed by atoms with Gasteiger partial charge in [0, 0.05) is 36.1 Å². The SMILES string of the molecule is C=C(C)C(=O)OCCOC(=O)CC(C)=O.C=C(C)C(=O)OCCOC(=O)c1ccc(C(=O)O)c(C(=O)O)c1.C=C(C)C(=O)OCCOC(=O)c1ccc(O)c(O)c1.C=C(C)c1cc[n+](C)cc1.C=C(C)c1ccc(C[P+](CC)(CC)CC)cc1.[Br-].[Cl-]. The molecule has 0 aliphatic carbocycles. The number of aromatic hydroxyl groups is 2. The molecule has 86 heavy (non-hydrogen) atoms. The maximum atomic E-state index is 11.8. The Morgan fingerprint density at radius 3 is 1.20 bits per heavy atom. The molecule has 0 amide bonds. The molecule has 470 valence electrons. The molecule has 23 heteroatoms. The van der Waals surface area contributed by atoms with Crippen LogP contribution in [0.15, 0.2) is 135 Å². The first-order chi connectivity index (χ1) is 39.3. The molecule has 0 spiro atoms. The molecule has 0 saturated heterocycles. The molecule has 0 bridgehead atoms. The summed E-state index contributed by atoms with van der Waals surface area (Å²) in [4.78, 5) is 99.5. The molecule has 0 aliphatic rings. The predicted molar refractivity (Wildman–Crippen MR) is 320 cm³/mol. The molecule has 1 aromatic heterocycles. The molecule has 0 fully saturated rings. The second-order valence-corrected chi connectivity index (χ2v) is 23.5. The van der Waals surface area contributed by atoms with E-state index in [1.165, 1.54) is 81.2 Å². The van der Waals surface area contributed by atoms with E-state index in [2.05, 4.69) is 106 Å². The van der Waals surface area contributed by atoms with Crippen molar-refractivity contribution in [2.45, 2.75) is 74.9 Å². The Hall–Kier alpha value is -8.26. The Balaban J connectivity index is -0.00000102. The van der Waals surface area contributed by atoms with Crippen LogP contribution in [0.5, 0.6) is 11.5 Å². The van der Waals surface area contributed by atoms with E-state index >= 15 is 0 Å². The molecule has 0 saturated carbocycles. The second kappa shape index (κ2) is 43.4. The molecule has 0 aliphatic heterocycles. The van der Waals surface area contributed by atoms with Crippen molar-refractivity contribution in [3.8, 4) is 11.5 Å². The number of rotatable bonds is 25. The van der Waals surface area contributed by atoms with Crippen LogP contribution in [0.1, 0.15) is 127 Å². The predicted octanol–water partition coefficient (Wildman–Crippen LogP) is 4.21. The van der Waals surface area contributed by atoms with Crippen molar-refractivity contribution in [2.24, 2.45) is 7.05 Å². The van der Waals surface area contributed by atoms with E-state index in [0.29, 0.717) is 0 Å². The molecule has 0 atom stereocenters. The van der Waals surface area contributed by atoms with Crippen LogP contribution in [0, 0.1) is 0 Å². The highest BCUT2D eigenvalue weighted by Crippen LogP contribution is 2.60. The number of halogens is 2. The van der Waals surface area contributed by atoms with Gasteiger partial charge in [-0.25, -0.2) is 38.1 Å². The normalized spacial score (nSPS) is 9.74. The average Bonchev–Trinajstić information content (AvgIpc) is 3.46. The number of carbonyl (C=O) groups is 9. The van der Waals surface area contributed by atoms with Gasteiger partial charge in [0.05, 0.1) is 46.9 Å². The first-order valence-corrected chi connectivity index (χ1v) is 28.7. The van der Waals surface area contributed by atoms with Gasteiger partial charge in [0.1, 0.15) is 58.9 Å². The van der Waals surface area contributed by atoms with Crippen molar-refractivity contribution < 1.29 is 126 Å². The number of benzene rings is 3. The van der Waals surface area contributed by atoms with Gasteiger partial charge in [-0.05, 0) is 115 Å². The fraction of sp³-hybridized carbons (Fsp3) is 0.333. The maximum Gasteiger partial charge on any atom is 0.338 e. The van der Waals surface area contributed by atoms with Crippen LogP contribution >= 0.6 is 7.26 Å². The lowest BCUT2D eigenvalue weighted by atomic mass is 10.0. The topological polar surface area (TPSA) is 294 Å². The molecule has 1 heterocycles. The summed E-state index contributed by atoms with van der Waals surface area (Å²) in [7, 11) is 1.28. The fourth-order valence-electron chi connectivity index (χ4n) is 6.38. The van der Waals surface area contributed by atoms with Gasteiger partial charge in [0.2, 0.25) is 0 Å². The van der Waals surface area contributed by atoms with Gasteiger partial charge in [0.25, 0.3) is 0 Å². The van der Waals surface area contributed by atoms with Gasteiger partial charge >= 0.3 is 47.8 Å². The number of aromatic carboxylic acids is 2. The van der Waals surface area contributed by atoms with E-state index in [1.807, 2.05) is 30.9 Å². The Morgan fingerprint density at radius 1 is 0.477 bits per heavy atom. The average molecular weight is 1300 g/mol. The highest BCUT2D eigenvalue weighted by Gasteiger charge is 2.31. The molecular formula is C63H80BrClNO19P. The minimum Gasteiger partial charge on any atom is -1.00 e. The number of allylic oxidation sites excluding steroid dienone is 2. The molecule has 0 unspecified atom stereocenters. The lowest BCUT2D eigenvalue weighted by molar-refractivity contribution is -0.671. The smallest absolute Gasteiger partial charge is 0.338 e. The number of carboxylic acids is 2. The first-order valence-electron chi connectivity index (χ1n) is 26.2. The van der Waals surface area contributed by atoms with Crippen molar-refractivity contribution in [3.63, 3.8) is 0 Å². The van der Waals surface area contributed by atoms with Crippen LogP contribution in [-0.2, 0) is 65.6 Å². The highest BCUT2D eigenvalue weighted by atomic mass is 79.9. The molecule has 0 radical (unpaired) electrons. The number of phenols is 2. The van der Waals surface area contributed by atoms with E-state index in [4.69, 9.17) is 34.3 Å². The monoisotopic (exact) mass is 1300 g/mol. The molecule has 4 rings (SSSR count). The lowest BCUT2D eigenvalue weighted by Gasteiger charge is -2.23. The van der Waals surface area contributed by atoms with E-state index in [0.717, 1.165) is 35.4 Å². The van der Waals surface area contributed by atoms with Crippen LogP contribution in [0.2, 0.25) is 0 Å². The summed E-state index contributed by atoms with van der Waals surface area (Å²) >= 11 is 0. The van der Waals surface area contributed by atoms with E-state index in [1.54, 1.807) is 0 Å². The number of hydrogen-bond acceptors (Lipinski definition) is 17. The summed E-state index contributed by atoms with van der Waals surface area (Å²) < 4.78 is 30.3. The van der Waals surface area contributed by atoms with Gasteiger partial charge in [0.15, 0.2) is 23.9 Å². The van der Waals surface area contributed by atoms with Crippen LogP contribution in [0.25, 0.3) is 11.1 Å². The number of carboxylic acid groups (broad SMARTS) is 2. The number of aryl methyl sites for hydroxylation is 1. The van der Waals surface area contributed by atoms with Crippen molar-refractivity contribution >= 4 is 71.9 Å². The van der Waals surface area contributed by atoms with Crippen LogP contribution < -0.4 is 34.0 Å². The number of nitrogens with zero attached hydrogens (tertiary/aromatic N) is 1. The van der Waals surface area contributed by atoms with Crippen LogP contribution in [0.4, 0.5) is 0 Å². The van der Waals surface area contributed by atoms with E-state index in [9.17, 15) is 48.3 Å². The zero-order chi connectivity index (χ0) is 64.3. The zero-order valence-electron chi connectivity index (χ0n) is 50.5. The number of ether oxygens (including phenoxy) is 6. The summed E-state index contributed by atoms with van der Waals surface area (Å²) in [6.45, 7) is 34.2. The van der Waals surface area contributed by atoms with Crippen molar-refractivity contribution in [3.05, 3.63) is 174 Å². The minimum absolute atomic E-state index is 0. The zero-order valence-corrected chi connectivity index (χ0v) is 53.7. The standard InChI is InChI=1S/C16H26P.C15H14O8.C13H14O6.C10H14O5.C9H12N.BrH.ClH/c1-6-17(7-2,8-3)13-15-9-11-16(12-10-15)14(4)5;1-8(2)14(20)22-5-6-23-15(21)9-3-4-10(12(16)17)11(7-9)13(18)19;1-8(2)12(16)18-5-6-19-13(17)9-3-4-10(14)11(15)7-9;1-7(2)10(13)15-5-4-14-9(12)6-8(3)11;1-8(2)9-4-6-10(3)7-5-9;;/h9-12H,4,6-8,13H2,1-3,5H3;3-4,7H,1,5-6H2,2H3,(H,16,17)(H,18,19);3-4,7,14-15H,1,5-6H2,2H3;1,4-6H2,2-3H3;4-7H,1H2,2-3H3;2*1H/q+1;;;;+1;;/p-2. The van der Waals surface area contributed by atoms with E-state index < -0.39 is 71.9 Å². The van der Waals surface area contributed by atoms with Crippen molar-refractivity contribution in [1.29, 1.82) is 0 Å². The molecule has 3 aromatic carbocycles. The van der Waals surface area contributed by atoms with Crippen LogP contribution in [-0.4, -0.2) is 132 Å². The molecule has 4 N–H and O–H groups in total. The number of esters is 6. The van der Waals surface area contributed by atoms with Gasteiger partial charge in [-0.1, -0.05) is 68.3 Å². The maximum absolute atomic E-state index is 11.8. The number of aromatic nitrogens is 1. The minimum atomic E-state index is -1.48. The number of carbonyl (C=O) groups excluding carboxylic acids is 7. The summed E-state index contributed by atoms with van der Waals surface area (Å²) in [6.07, 6.45) is 9.22. The summed E-state index contributed by atoms with van der Waals surface area (Å²) in [5, 5.41) is 36.1. The van der Waals surface area contributed by atoms with Crippen LogP contribution in [0.3, 0.4) is 0 Å². The Morgan fingerprint density at radius 2 is 0.837 bits per heavy atom. The third-order valence-electron chi connectivity index (χ3n) is 11.5. The number of pyridine rings is 1. The Kier molecular flexibility index (Phi) is 41.3. The summed E-state index contributed by atoms with van der Waals surface area (Å²) in [5.74, 6) is -7.79. The molecule has 4 aromatic rings. The Labute approximate surface area is 520 Å². The van der Waals surface area contributed by atoms with E-state index in [-0.39, 0.29) is 115 Å². The first kappa shape index (κ1) is 82.0. The molecular weight excluding hydrogens is 1220 g/mol. The number of phenolic OH excluding ortho intramolecular Hbond substituents is 2. The summed E-state index contributed by atoms with van der Waals surface area (Å²) in [5.41, 5.74) is 5.98. The number of hydrogen-bond donors (Lipinski definition) is 4. The van der Waals surface area contributed by atoms with Crippen molar-refractivity contribution in [1.82, 2.24) is 0 Å². The van der Waals surface area contributed by atoms with Gasteiger partial charge in [-0.3, -0.25) is 9.59 Å². The third kappa shape index (κ3) is 33.3.